The molecule has 0 aliphatic rings. The lowest BCUT2D eigenvalue weighted by Gasteiger charge is -2.13. The Morgan fingerprint density at radius 2 is 1.38 bits per heavy atom. The summed E-state index contributed by atoms with van der Waals surface area (Å²) in [6.45, 7) is 2.75. The normalized spacial score (nSPS) is 14.6. The van der Waals surface area contributed by atoms with Gasteiger partial charge in [0.25, 0.3) is 0 Å². The van der Waals surface area contributed by atoms with E-state index in [2.05, 4.69) is 23.6 Å². The first-order chi connectivity index (χ1) is 15.4. The minimum atomic E-state index is -4.28. The van der Waals surface area contributed by atoms with Crippen molar-refractivity contribution in [2.75, 3.05) is 26.4 Å². The number of ether oxygens (including phenoxy) is 1. The quantitative estimate of drug-likeness (QED) is 0.0929. The molecule has 1 unspecified atom stereocenters. The third kappa shape index (κ3) is 22.4. The average molecular weight is 480 g/mol. The molecular formula is C23H46NO7P. The van der Waals surface area contributed by atoms with Crippen LogP contribution in [0, 0.1) is 0 Å². The molecule has 2 atom stereocenters. The van der Waals surface area contributed by atoms with Gasteiger partial charge >= 0.3 is 13.8 Å². The van der Waals surface area contributed by atoms with Crippen LogP contribution >= 0.6 is 7.82 Å². The minimum Gasteiger partial charge on any atom is -0.480 e. The van der Waals surface area contributed by atoms with E-state index < -0.39 is 26.4 Å². The Kier molecular flexibility index (Phi) is 21.5. The van der Waals surface area contributed by atoms with Crippen molar-refractivity contribution in [1.29, 1.82) is 0 Å². The van der Waals surface area contributed by atoms with Crippen molar-refractivity contribution in [3.05, 3.63) is 12.2 Å². The number of carbonyl (C=O) groups is 1. The summed E-state index contributed by atoms with van der Waals surface area (Å²) in [4.78, 5) is 19.9. The van der Waals surface area contributed by atoms with Crippen LogP contribution in [-0.2, 0) is 23.1 Å². The molecule has 0 rings (SSSR count). The van der Waals surface area contributed by atoms with E-state index in [-0.39, 0.29) is 6.61 Å². The van der Waals surface area contributed by atoms with Gasteiger partial charge in [-0.05, 0) is 38.5 Å². The van der Waals surface area contributed by atoms with Gasteiger partial charge in [0, 0.05) is 13.2 Å². The molecule has 0 aliphatic heterocycles. The number of hydrogen-bond acceptors (Lipinski definition) is 6. The number of carboxylic acids is 1. The lowest BCUT2D eigenvalue weighted by molar-refractivity contribution is -0.139. The fourth-order valence-corrected chi connectivity index (χ4v) is 3.78. The van der Waals surface area contributed by atoms with E-state index in [1.807, 2.05) is 0 Å². The van der Waals surface area contributed by atoms with E-state index in [4.69, 9.17) is 20.1 Å². The molecule has 0 spiro atoms. The molecule has 4 N–H and O–H groups in total. The molecule has 0 aromatic rings. The average Bonchev–Trinajstić information content (AvgIpc) is 2.76. The van der Waals surface area contributed by atoms with Crippen LogP contribution in [0.25, 0.3) is 0 Å². The number of nitrogens with two attached hydrogens (primary N) is 1. The van der Waals surface area contributed by atoms with E-state index in [0.717, 1.165) is 12.8 Å². The van der Waals surface area contributed by atoms with E-state index in [0.29, 0.717) is 19.6 Å². The molecule has 0 saturated carbocycles. The predicted molar refractivity (Wildman–Crippen MR) is 128 cm³/mol. The molecule has 0 aromatic heterocycles. The highest BCUT2D eigenvalue weighted by Crippen LogP contribution is 2.43. The zero-order chi connectivity index (χ0) is 23.9. The summed E-state index contributed by atoms with van der Waals surface area (Å²) in [7, 11) is -4.28. The van der Waals surface area contributed by atoms with Crippen molar-refractivity contribution < 1.29 is 33.1 Å². The van der Waals surface area contributed by atoms with Crippen molar-refractivity contribution in [1.82, 2.24) is 0 Å². The highest BCUT2D eigenvalue weighted by molar-refractivity contribution is 7.47. The van der Waals surface area contributed by atoms with Crippen LogP contribution in [0.1, 0.15) is 96.8 Å². The van der Waals surface area contributed by atoms with Crippen LogP contribution in [0.5, 0.6) is 0 Å². The zero-order valence-electron chi connectivity index (χ0n) is 19.9. The molecule has 0 aliphatic carbocycles. The molecule has 0 radical (unpaired) electrons. The molecule has 9 heteroatoms. The van der Waals surface area contributed by atoms with Gasteiger partial charge in [-0.3, -0.25) is 13.8 Å². The lowest BCUT2D eigenvalue weighted by atomic mass is 10.1. The maximum atomic E-state index is 11.6. The summed E-state index contributed by atoms with van der Waals surface area (Å²) in [6.07, 6.45) is 21.5. The van der Waals surface area contributed by atoms with E-state index in [1.54, 1.807) is 0 Å². The monoisotopic (exact) mass is 479 g/mol. The lowest BCUT2D eigenvalue weighted by Crippen LogP contribution is -2.34. The maximum Gasteiger partial charge on any atom is 0.472 e. The first-order valence-corrected chi connectivity index (χ1v) is 13.7. The predicted octanol–water partition coefficient (Wildman–Crippen LogP) is 5.59. The van der Waals surface area contributed by atoms with Crippen LogP contribution in [0.3, 0.4) is 0 Å². The van der Waals surface area contributed by atoms with E-state index >= 15 is 0 Å². The highest BCUT2D eigenvalue weighted by atomic mass is 31.2. The zero-order valence-corrected chi connectivity index (χ0v) is 20.8. The fraction of sp³-hybridized carbons (Fsp3) is 0.870. The van der Waals surface area contributed by atoms with Crippen LogP contribution in [0.4, 0.5) is 0 Å². The van der Waals surface area contributed by atoms with Crippen molar-refractivity contribution in [2.45, 2.75) is 103 Å². The SMILES string of the molecule is CCCCCCCC/C=C/CCCCCCCOCCCOP(=O)(O)OC[C@@H](N)C(=O)O. The van der Waals surface area contributed by atoms with Crippen molar-refractivity contribution in [3.8, 4) is 0 Å². The Hall–Kier alpha value is -0.760. The Bertz CT molecular complexity index is 517. The Morgan fingerprint density at radius 1 is 0.844 bits per heavy atom. The molecular weight excluding hydrogens is 433 g/mol. The largest absolute Gasteiger partial charge is 0.480 e. The van der Waals surface area contributed by atoms with Gasteiger partial charge in [0.1, 0.15) is 6.04 Å². The number of allylic oxidation sites excluding steroid dienone is 2. The fourth-order valence-electron chi connectivity index (χ4n) is 3.00. The Morgan fingerprint density at radius 3 is 1.97 bits per heavy atom. The second-order valence-electron chi connectivity index (χ2n) is 8.09. The maximum absolute atomic E-state index is 11.6. The van der Waals surface area contributed by atoms with Gasteiger partial charge in [0.05, 0.1) is 13.2 Å². The van der Waals surface area contributed by atoms with Crippen LogP contribution in [-0.4, -0.2) is 48.4 Å². The summed E-state index contributed by atoms with van der Waals surface area (Å²) < 4.78 is 26.3. The second-order valence-corrected chi connectivity index (χ2v) is 9.55. The van der Waals surface area contributed by atoms with Crippen LogP contribution in [0.2, 0.25) is 0 Å². The van der Waals surface area contributed by atoms with Crippen molar-refractivity contribution in [3.63, 3.8) is 0 Å². The van der Waals surface area contributed by atoms with Crippen LogP contribution in [0.15, 0.2) is 12.2 Å². The number of unbranched alkanes of at least 4 members (excludes halogenated alkanes) is 11. The first kappa shape index (κ1) is 31.2. The number of aliphatic carboxylic acids is 1. The number of hydrogen-bond donors (Lipinski definition) is 3. The smallest absolute Gasteiger partial charge is 0.472 e. The molecule has 0 saturated heterocycles. The number of phosphoric ester groups is 1. The van der Waals surface area contributed by atoms with Crippen molar-refractivity contribution >= 4 is 13.8 Å². The summed E-state index contributed by atoms with van der Waals surface area (Å²) in [5.74, 6) is -1.31. The molecule has 8 nitrogen and oxygen atoms in total. The summed E-state index contributed by atoms with van der Waals surface area (Å²) in [5, 5.41) is 8.59. The molecule has 190 valence electrons. The van der Waals surface area contributed by atoms with E-state index in [1.165, 1.54) is 70.6 Å². The Labute approximate surface area is 194 Å². The van der Waals surface area contributed by atoms with Gasteiger partial charge in [-0.1, -0.05) is 70.4 Å². The third-order valence-electron chi connectivity index (χ3n) is 4.97. The minimum absolute atomic E-state index is 0.0114. The summed E-state index contributed by atoms with van der Waals surface area (Å²) >= 11 is 0. The molecule has 32 heavy (non-hydrogen) atoms. The number of phosphoric acid groups is 1. The molecule has 0 bridgehead atoms. The van der Waals surface area contributed by atoms with Gasteiger partial charge in [-0.25, -0.2) is 4.57 Å². The van der Waals surface area contributed by atoms with Crippen LogP contribution < -0.4 is 5.73 Å². The topological polar surface area (TPSA) is 128 Å². The number of carboxylic acid groups (broad SMARTS) is 1. The standard InChI is InChI=1S/C23H46NO7P/c1-2-3-4-5-6-7-8-9-10-11-12-13-14-15-16-18-29-19-17-20-30-32(27,28)31-21-22(24)23(25)26/h9-10,22H,2-8,11-21,24H2,1H3,(H,25,26)(H,27,28)/b10-9+/t22-/m1/s1. The number of rotatable bonds is 24. The highest BCUT2D eigenvalue weighted by Gasteiger charge is 2.24. The van der Waals surface area contributed by atoms with Crippen molar-refractivity contribution in [2.24, 2.45) is 5.73 Å². The van der Waals surface area contributed by atoms with Gasteiger partial charge in [-0.2, -0.15) is 0 Å². The van der Waals surface area contributed by atoms with Gasteiger partial charge in [0.2, 0.25) is 0 Å². The molecule has 0 fully saturated rings. The molecule has 0 heterocycles. The summed E-state index contributed by atoms with van der Waals surface area (Å²) in [5.41, 5.74) is 5.19. The van der Waals surface area contributed by atoms with Gasteiger partial charge in [0.15, 0.2) is 0 Å². The summed E-state index contributed by atoms with van der Waals surface area (Å²) in [6, 6.07) is -1.37. The first-order valence-electron chi connectivity index (χ1n) is 12.2. The van der Waals surface area contributed by atoms with E-state index in [9.17, 15) is 14.3 Å². The van der Waals surface area contributed by atoms with Gasteiger partial charge in [-0.15, -0.1) is 0 Å². The third-order valence-corrected chi connectivity index (χ3v) is 5.96. The molecule has 0 aromatic carbocycles. The Balaban J connectivity index is 3.33. The molecule has 0 amide bonds. The van der Waals surface area contributed by atoms with Gasteiger partial charge < -0.3 is 20.5 Å². The second kappa shape index (κ2) is 22.1.